The van der Waals surface area contributed by atoms with Crippen LogP contribution in [-0.2, 0) is 6.54 Å². The summed E-state index contributed by atoms with van der Waals surface area (Å²) in [6.45, 7) is 0.837. The molecule has 0 atom stereocenters. The molecule has 0 saturated heterocycles. The van der Waals surface area contributed by atoms with Crippen molar-refractivity contribution in [2.45, 2.75) is 6.54 Å². The molecule has 1 aromatic carbocycles. The van der Waals surface area contributed by atoms with E-state index in [0.29, 0.717) is 4.99 Å². The molecular weight excluding hydrogens is 284 g/mol. The summed E-state index contributed by atoms with van der Waals surface area (Å²) < 4.78 is 0.822. The fraction of sp³-hybridized carbons (Fsp3) is 0.154. The Bertz CT molecular complexity index is 548. The number of rotatable bonds is 4. The minimum absolute atomic E-state index is 0.425. The Kier molecular flexibility index (Phi) is 4.22. The quantitative estimate of drug-likeness (QED) is 0.873. The molecule has 0 spiro atoms. The van der Waals surface area contributed by atoms with Crippen LogP contribution >= 0.6 is 35.2 Å². The summed E-state index contributed by atoms with van der Waals surface area (Å²) in [4.78, 5) is 3.82. The van der Waals surface area contributed by atoms with Crippen LogP contribution in [0.5, 0.6) is 0 Å². The zero-order valence-corrected chi connectivity index (χ0v) is 12.3. The lowest BCUT2D eigenvalue weighted by Gasteiger charge is -2.18. The first-order valence-electron chi connectivity index (χ1n) is 5.41. The second-order valence-electron chi connectivity index (χ2n) is 3.97. The molecule has 0 unspecified atom stereocenters. The van der Waals surface area contributed by atoms with E-state index in [9.17, 15) is 0 Å². The van der Waals surface area contributed by atoms with Gasteiger partial charge in [-0.05, 0) is 36.4 Å². The van der Waals surface area contributed by atoms with Gasteiger partial charge in [0.1, 0.15) is 4.99 Å². The van der Waals surface area contributed by atoms with Crippen LogP contribution in [0.15, 0.2) is 36.4 Å². The van der Waals surface area contributed by atoms with Gasteiger partial charge in [-0.2, -0.15) is 0 Å². The summed E-state index contributed by atoms with van der Waals surface area (Å²) in [6, 6.07) is 11.9. The Balaban J connectivity index is 2.09. The summed E-state index contributed by atoms with van der Waals surface area (Å²) in [5.41, 5.74) is 7.59. The van der Waals surface area contributed by atoms with E-state index in [4.69, 9.17) is 29.6 Å². The average Bonchev–Trinajstić information content (AvgIpc) is 2.75. The van der Waals surface area contributed by atoms with E-state index in [2.05, 4.69) is 4.90 Å². The van der Waals surface area contributed by atoms with E-state index in [1.54, 1.807) is 11.3 Å². The Hall–Kier alpha value is -1.10. The molecule has 1 heterocycles. The predicted octanol–water partition coefficient (Wildman–Crippen LogP) is 3.67. The Morgan fingerprint density at radius 3 is 2.44 bits per heavy atom. The minimum atomic E-state index is 0.425. The molecule has 0 radical (unpaired) electrons. The van der Waals surface area contributed by atoms with E-state index in [1.807, 2.05) is 43.4 Å². The molecule has 2 N–H and O–H groups in total. The van der Waals surface area contributed by atoms with Crippen molar-refractivity contribution in [1.29, 1.82) is 0 Å². The van der Waals surface area contributed by atoms with Crippen molar-refractivity contribution < 1.29 is 0 Å². The average molecular weight is 297 g/mol. The van der Waals surface area contributed by atoms with Crippen molar-refractivity contribution in [2.24, 2.45) is 5.73 Å². The summed E-state index contributed by atoms with van der Waals surface area (Å²) >= 11 is 12.4. The molecule has 5 heteroatoms. The summed E-state index contributed by atoms with van der Waals surface area (Å²) in [5.74, 6) is 0. The lowest BCUT2D eigenvalue weighted by molar-refractivity contribution is 0.940. The standard InChI is InChI=1S/C13H13ClN2S2/c1-16(8-11-6-7-12(14)18-11)10-4-2-9(3-5-10)13(15)17/h2-7H,8H2,1H3,(H2,15,17). The van der Waals surface area contributed by atoms with Gasteiger partial charge >= 0.3 is 0 Å². The van der Waals surface area contributed by atoms with Gasteiger partial charge in [0, 0.05) is 23.2 Å². The third-order valence-electron chi connectivity index (χ3n) is 2.61. The van der Waals surface area contributed by atoms with Crippen LogP contribution in [0.4, 0.5) is 5.69 Å². The Morgan fingerprint density at radius 2 is 1.94 bits per heavy atom. The van der Waals surface area contributed by atoms with Gasteiger partial charge < -0.3 is 10.6 Å². The molecule has 1 aromatic heterocycles. The van der Waals surface area contributed by atoms with Crippen molar-refractivity contribution in [2.75, 3.05) is 11.9 Å². The highest BCUT2D eigenvalue weighted by molar-refractivity contribution is 7.80. The molecule has 2 rings (SSSR count). The second kappa shape index (κ2) is 5.69. The summed E-state index contributed by atoms with van der Waals surface area (Å²) in [7, 11) is 2.05. The first-order chi connectivity index (χ1) is 8.56. The summed E-state index contributed by atoms with van der Waals surface area (Å²) in [6.07, 6.45) is 0. The molecular formula is C13H13ClN2S2. The molecule has 0 fully saturated rings. The maximum atomic E-state index is 5.92. The number of anilines is 1. The van der Waals surface area contributed by atoms with Crippen LogP contribution in [0.1, 0.15) is 10.4 Å². The van der Waals surface area contributed by atoms with Crippen LogP contribution in [-0.4, -0.2) is 12.0 Å². The maximum absolute atomic E-state index is 5.92. The predicted molar refractivity (Wildman–Crippen MR) is 83.8 cm³/mol. The SMILES string of the molecule is CN(Cc1ccc(Cl)s1)c1ccc(C(N)=S)cc1. The lowest BCUT2D eigenvalue weighted by Crippen LogP contribution is -2.16. The van der Waals surface area contributed by atoms with E-state index in [-0.39, 0.29) is 0 Å². The van der Waals surface area contributed by atoms with Crippen LogP contribution in [0, 0.1) is 0 Å². The van der Waals surface area contributed by atoms with Crippen molar-refractivity contribution in [3.8, 4) is 0 Å². The highest BCUT2D eigenvalue weighted by atomic mass is 35.5. The number of thiophene rings is 1. The molecule has 0 aliphatic carbocycles. The second-order valence-corrected chi connectivity index (χ2v) is 6.21. The van der Waals surface area contributed by atoms with Gasteiger partial charge in [-0.25, -0.2) is 0 Å². The van der Waals surface area contributed by atoms with E-state index in [0.717, 1.165) is 22.1 Å². The van der Waals surface area contributed by atoms with E-state index in [1.165, 1.54) is 4.88 Å². The van der Waals surface area contributed by atoms with Crippen LogP contribution in [0.2, 0.25) is 4.34 Å². The Morgan fingerprint density at radius 1 is 1.28 bits per heavy atom. The largest absolute Gasteiger partial charge is 0.389 e. The molecule has 2 nitrogen and oxygen atoms in total. The van der Waals surface area contributed by atoms with Gasteiger partial charge in [-0.15, -0.1) is 11.3 Å². The number of hydrogen-bond acceptors (Lipinski definition) is 3. The molecule has 94 valence electrons. The number of nitrogens with zero attached hydrogens (tertiary/aromatic N) is 1. The van der Waals surface area contributed by atoms with Crippen LogP contribution < -0.4 is 10.6 Å². The van der Waals surface area contributed by atoms with Gasteiger partial charge in [-0.1, -0.05) is 23.8 Å². The Labute approximate surface area is 121 Å². The number of benzene rings is 1. The number of thiocarbonyl (C=S) groups is 1. The van der Waals surface area contributed by atoms with Gasteiger partial charge in [0.05, 0.1) is 10.9 Å². The van der Waals surface area contributed by atoms with Crippen molar-refractivity contribution in [3.63, 3.8) is 0 Å². The van der Waals surface area contributed by atoms with Crippen molar-refractivity contribution in [1.82, 2.24) is 0 Å². The molecule has 2 aromatic rings. The first-order valence-corrected chi connectivity index (χ1v) is 7.02. The summed E-state index contributed by atoms with van der Waals surface area (Å²) in [5, 5.41) is 0. The number of nitrogens with two attached hydrogens (primary N) is 1. The van der Waals surface area contributed by atoms with E-state index >= 15 is 0 Å². The molecule has 18 heavy (non-hydrogen) atoms. The fourth-order valence-electron chi connectivity index (χ4n) is 1.64. The monoisotopic (exact) mass is 296 g/mol. The van der Waals surface area contributed by atoms with Crippen molar-refractivity contribution >= 4 is 45.8 Å². The fourth-order valence-corrected chi connectivity index (χ4v) is 2.92. The minimum Gasteiger partial charge on any atom is -0.389 e. The van der Waals surface area contributed by atoms with Crippen molar-refractivity contribution in [3.05, 3.63) is 51.2 Å². The third-order valence-corrected chi connectivity index (χ3v) is 4.07. The van der Waals surface area contributed by atoms with E-state index < -0.39 is 0 Å². The van der Waals surface area contributed by atoms with Crippen LogP contribution in [0.3, 0.4) is 0 Å². The van der Waals surface area contributed by atoms with Gasteiger partial charge in [0.25, 0.3) is 0 Å². The molecule has 0 bridgehead atoms. The zero-order chi connectivity index (χ0) is 13.1. The van der Waals surface area contributed by atoms with Gasteiger partial charge in [-0.3, -0.25) is 0 Å². The van der Waals surface area contributed by atoms with Gasteiger partial charge in [0.2, 0.25) is 0 Å². The smallest absolute Gasteiger partial charge is 0.103 e. The topological polar surface area (TPSA) is 29.3 Å². The molecule has 0 amide bonds. The third kappa shape index (κ3) is 3.22. The highest BCUT2D eigenvalue weighted by Crippen LogP contribution is 2.24. The normalized spacial score (nSPS) is 10.3. The lowest BCUT2D eigenvalue weighted by atomic mass is 10.2. The highest BCUT2D eigenvalue weighted by Gasteiger charge is 2.05. The number of hydrogen-bond donors (Lipinski definition) is 1. The van der Waals surface area contributed by atoms with Crippen LogP contribution in [0.25, 0.3) is 0 Å². The number of halogens is 1. The maximum Gasteiger partial charge on any atom is 0.103 e. The first kappa shape index (κ1) is 13.3. The zero-order valence-electron chi connectivity index (χ0n) is 9.89. The van der Waals surface area contributed by atoms with Gasteiger partial charge in [0.15, 0.2) is 0 Å². The molecule has 0 saturated carbocycles. The molecule has 0 aliphatic heterocycles. The molecule has 0 aliphatic rings.